The highest BCUT2D eigenvalue weighted by Gasteiger charge is 2.16. The van der Waals surface area contributed by atoms with E-state index < -0.39 is 11.9 Å². The van der Waals surface area contributed by atoms with Crippen LogP contribution < -0.4 is 0 Å². The summed E-state index contributed by atoms with van der Waals surface area (Å²) in [7, 11) is 1.59. The van der Waals surface area contributed by atoms with Crippen LogP contribution in [0.15, 0.2) is 42.6 Å². The minimum absolute atomic E-state index is 0.0522. The number of rotatable bonds is 3. The fraction of sp³-hybridized carbons (Fsp3) is 0.133. The fourth-order valence-corrected chi connectivity index (χ4v) is 1.78. The van der Waals surface area contributed by atoms with Gasteiger partial charge in [-0.3, -0.25) is 4.79 Å². The SMILES string of the molecule is CN(Cc1ccc(C#N)cc1)C(=O)c1cccnc1F. The lowest BCUT2D eigenvalue weighted by atomic mass is 10.1. The van der Waals surface area contributed by atoms with E-state index in [4.69, 9.17) is 5.26 Å². The first-order valence-corrected chi connectivity index (χ1v) is 5.97. The highest BCUT2D eigenvalue weighted by molar-refractivity contribution is 5.93. The second-order valence-corrected chi connectivity index (χ2v) is 4.31. The number of nitriles is 1. The van der Waals surface area contributed by atoms with E-state index in [-0.39, 0.29) is 5.56 Å². The minimum Gasteiger partial charge on any atom is -0.337 e. The van der Waals surface area contributed by atoms with E-state index in [2.05, 4.69) is 4.98 Å². The zero-order valence-corrected chi connectivity index (χ0v) is 10.9. The molecule has 5 heteroatoms. The predicted molar refractivity (Wildman–Crippen MR) is 71.1 cm³/mol. The van der Waals surface area contributed by atoms with Crippen LogP contribution in [-0.2, 0) is 6.54 Å². The van der Waals surface area contributed by atoms with Gasteiger partial charge in [0, 0.05) is 19.8 Å². The van der Waals surface area contributed by atoms with Gasteiger partial charge in [0.2, 0.25) is 5.95 Å². The van der Waals surface area contributed by atoms with Crippen molar-refractivity contribution in [3.05, 3.63) is 65.2 Å². The smallest absolute Gasteiger partial charge is 0.258 e. The van der Waals surface area contributed by atoms with Crippen molar-refractivity contribution in [1.82, 2.24) is 9.88 Å². The molecule has 1 heterocycles. The molecule has 0 N–H and O–H groups in total. The number of amides is 1. The highest BCUT2D eigenvalue weighted by atomic mass is 19.1. The first kappa shape index (κ1) is 13.7. The Morgan fingerprint density at radius 2 is 2.05 bits per heavy atom. The van der Waals surface area contributed by atoms with Gasteiger partial charge in [0.05, 0.1) is 17.2 Å². The summed E-state index contributed by atoms with van der Waals surface area (Å²) in [5, 5.41) is 8.71. The summed E-state index contributed by atoms with van der Waals surface area (Å²) in [4.78, 5) is 17.0. The van der Waals surface area contributed by atoms with Crippen LogP contribution in [0.1, 0.15) is 21.5 Å². The standard InChI is InChI=1S/C15H12FN3O/c1-19(10-12-6-4-11(9-17)5-7-12)15(20)13-3-2-8-18-14(13)16/h2-8H,10H2,1H3. The molecule has 0 aliphatic carbocycles. The summed E-state index contributed by atoms with van der Waals surface area (Å²) in [6.45, 7) is 0.332. The van der Waals surface area contributed by atoms with Crippen molar-refractivity contribution in [2.45, 2.75) is 6.54 Å². The van der Waals surface area contributed by atoms with Crippen LogP contribution in [0.2, 0.25) is 0 Å². The van der Waals surface area contributed by atoms with E-state index in [0.29, 0.717) is 12.1 Å². The Hall–Kier alpha value is -2.74. The Morgan fingerprint density at radius 3 is 2.65 bits per heavy atom. The van der Waals surface area contributed by atoms with Crippen molar-refractivity contribution in [2.24, 2.45) is 0 Å². The first-order chi connectivity index (χ1) is 9.61. The Labute approximate surface area is 116 Å². The third-order valence-electron chi connectivity index (χ3n) is 2.84. The first-order valence-electron chi connectivity index (χ1n) is 5.97. The summed E-state index contributed by atoms with van der Waals surface area (Å²) in [6.07, 6.45) is 1.30. The Kier molecular flexibility index (Phi) is 4.06. The summed E-state index contributed by atoms with van der Waals surface area (Å²) in [6, 6.07) is 11.8. The van der Waals surface area contributed by atoms with Crippen LogP contribution in [0.5, 0.6) is 0 Å². The van der Waals surface area contributed by atoms with Gasteiger partial charge in [0.1, 0.15) is 0 Å². The van der Waals surface area contributed by atoms with E-state index in [1.54, 1.807) is 31.3 Å². The molecule has 0 unspecified atom stereocenters. The van der Waals surface area contributed by atoms with E-state index in [1.807, 2.05) is 6.07 Å². The van der Waals surface area contributed by atoms with Crippen LogP contribution in [0.25, 0.3) is 0 Å². The third-order valence-corrected chi connectivity index (χ3v) is 2.84. The molecular weight excluding hydrogens is 257 g/mol. The summed E-state index contributed by atoms with van der Waals surface area (Å²) < 4.78 is 13.4. The number of halogens is 1. The number of aromatic nitrogens is 1. The minimum atomic E-state index is -0.774. The topological polar surface area (TPSA) is 57.0 Å². The van der Waals surface area contributed by atoms with Gasteiger partial charge < -0.3 is 4.90 Å². The van der Waals surface area contributed by atoms with Gasteiger partial charge in [0.15, 0.2) is 0 Å². The molecule has 2 rings (SSSR count). The monoisotopic (exact) mass is 269 g/mol. The fourth-order valence-electron chi connectivity index (χ4n) is 1.78. The van der Waals surface area contributed by atoms with Crippen molar-refractivity contribution >= 4 is 5.91 Å². The Balaban J connectivity index is 2.11. The predicted octanol–water partition coefficient (Wildman–Crippen LogP) is 2.36. The number of nitrogens with zero attached hydrogens (tertiary/aromatic N) is 3. The number of carbonyl (C=O) groups excluding carboxylic acids is 1. The molecule has 20 heavy (non-hydrogen) atoms. The summed E-state index contributed by atoms with van der Waals surface area (Å²) >= 11 is 0. The van der Waals surface area contributed by atoms with Crippen molar-refractivity contribution < 1.29 is 9.18 Å². The molecule has 1 amide bonds. The molecule has 1 aromatic carbocycles. The van der Waals surface area contributed by atoms with Gasteiger partial charge in [-0.05, 0) is 29.8 Å². The van der Waals surface area contributed by atoms with Gasteiger partial charge in [-0.1, -0.05) is 12.1 Å². The maximum Gasteiger partial charge on any atom is 0.258 e. The van der Waals surface area contributed by atoms with Crippen molar-refractivity contribution in [1.29, 1.82) is 5.26 Å². The lowest BCUT2D eigenvalue weighted by Crippen LogP contribution is -2.27. The van der Waals surface area contributed by atoms with Crippen LogP contribution in [0.4, 0.5) is 4.39 Å². The molecule has 0 spiro atoms. The average Bonchev–Trinajstić information content (AvgIpc) is 2.48. The molecule has 0 bridgehead atoms. The van der Waals surface area contributed by atoms with Crippen LogP contribution >= 0.6 is 0 Å². The number of hydrogen-bond acceptors (Lipinski definition) is 3. The maximum absolute atomic E-state index is 13.4. The van der Waals surface area contributed by atoms with Gasteiger partial charge in [-0.2, -0.15) is 9.65 Å². The second kappa shape index (κ2) is 5.93. The summed E-state index contributed by atoms with van der Waals surface area (Å²) in [5.41, 5.74) is 1.37. The molecule has 0 fully saturated rings. The lowest BCUT2D eigenvalue weighted by Gasteiger charge is -2.17. The van der Waals surface area contributed by atoms with E-state index in [9.17, 15) is 9.18 Å². The zero-order chi connectivity index (χ0) is 14.5. The van der Waals surface area contributed by atoms with E-state index >= 15 is 0 Å². The van der Waals surface area contributed by atoms with Crippen molar-refractivity contribution in [2.75, 3.05) is 7.05 Å². The zero-order valence-electron chi connectivity index (χ0n) is 10.9. The lowest BCUT2D eigenvalue weighted by molar-refractivity contribution is 0.0779. The maximum atomic E-state index is 13.4. The number of hydrogen-bond donors (Lipinski definition) is 0. The number of pyridine rings is 1. The molecule has 0 saturated carbocycles. The highest BCUT2D eigenvalue weighted by Crippen LogP contribution is 2.11. The summed E-state index contributed by atoms with van der Waals surface area (Å²) in [5.74, 6) is -1.20. The van der Waals surface area contributed by atoms with Gasteiger partial charge in [-0.15, -0.1) is 0 Å². The van der Waals surface area contributed by atoms with Gasteiger partial charge in [-0.25, -0.2) is 4.98 Å². The van der Waals surface area contributed by atoms with Gasteiger partial charge >= 0.3 is 0 Å². The van der Waals surface area contributed by atoms with Crippen LogP contribution in [-0.4, -0.2) is 22.8 Å². The molecule has 1 aromatic heterocycles. The largest absolute Gasteiger partial charge is 0.337 e. The van der Waals surface area contributed by atoms with Crippen molar-refractivity contribution in [3.63, 3.8) is 0 Å². The average molecular weight is 269 g/mol. The molecule has 0 atom stereocenters. The molecule has 100 valence electrons. The normalized spacial score (nSPS) is 9.85. The van der Waals surface area contributed by atoms with Gasteiger partial charge in [0.25, 0.3) is 5.91 Å². The molecule has 4 nitrogen and oxygen atoms in total. The Bertz CT molecular complexity index is 662. The van der Waals surface area contributed by atoms with E-state index in [0.717, 1.165) is 5.56 Å². The number of benzene rings is 1. The van der Waals surface area contributed by atoms with Crippen LogP contribution in [0, 0.1) is 17.3 Å². The molecule has 0 saturated heterocycles. The Morgan fingerprint density at radius 1 is 1.35 bits per heavy atom. The van der Waals surface area contributed by atoms with E-state index in [1.165, 1.54) is 23.2 Å². The van der Waals surface area contributed by atoms with Crippen LogP contribution in [0.3, 0.4) is 0 Å². The molecular formula is C15H12FN3O. The molecule has 0 radical (unpaired) electrons. The molecule has 0 aliphatic heterocycles. The van der Waals surface area contributed by atoms with Crippen molar-refractivity contribution in [3.8, 4) is 6.07 Å². The quantitative estimate of drug-likeness (QED) is 0.804. The molecule has 0 aliphatic rings. The third kappa shape index (κ3) is 2.98. The second-order valence-electron chi connectivity index (χ2n) is 4.31. The molecule has 2 aromatic rings. The number of carbonyl (C=O) groups is 1.